The van der Waals surface area contributed by atoms with Gasteiger partial charge in [-0.1, -0.05) is 53.5 Å². The van der Waals surface area contributed by atoms with Crippen LogP contribution in [-0.4, -0.2) is 17.8 Å². The van der Waals surface area contributed by atoms with Gasteiger partial charge in [-0.2, -0.15) is 0 Å². The van der Waals surface area contributed by atoms with E-state index in [0.717, 1.165) is 11.1 Å². The summed E-state index contributed by atoms with van der Waals surface area (Å²) in [6.07, 6.45) is -0.792. The lowest BCUT2D eigenvalue weighted by Crippen LogP contribution is -2.30. The minimum atomic E-state index is -0.792. The molecule has 1 amide bonds. The van der Waals surface area contributed by atoms with Crippen molar-refractivity contribution in [2.75, 3.05) is 5.32 Å². The van der Waals surface area contributed by atoms with Crippen LogP contribution in [0.2, 0.25) is 10.0 Å². The molecule has 0 saturated carbocycles. The summed E-state index contributed by atoms with van der Waals surface area (Å²) < 4.78 is 5.63. The molecule has 4 nitrogen and oxygen atoms in total. The molecule has 0 aliphatic heterocycles. The van der Waals surface area contributed by atoms with E-state index in [2.05, 4.69) is 5.32 Å². The van der Waals surface area contributed by atoms with Gasteiger partial charge in [0.05, 0.1) is 5.02 Å². The molecule has 0 spiro atoms. The average molecular weight is 412 g/mol. The predicted molar refractivity (Wildman–Crippen MR) is 110 cm³/mol. The highest BCUT2D eigenvalue weighted by molar-refractivity contribution is 6.35. The molecule has 3 aromatic carbocycles. The Kier molecular flexibility index (Phi) is 4.84. The van der Waals surface area contributed by atoms with E-state index in [9.17, 15) is 9.59 Å². The maximum atomic E-state index is 12.6. The van der Waals surface area contributed by atoms with E-state index in [1.165, 1.54) is 0 Å². The van der Waals surface area contributed by atoms with Gasteiger partial charge in [0.2, 0.25) is 0 Å². The standard InChI is InChI=1S/C22H15Cl2NO3/c1-12(28-20-9-6-13(23)10-19(20)24)22(27)25-14-7-8-16-15-4-2-3-5-17(15)21(26)18(16)11-14/h2-12H,1H3,(H,25,27). The molecule has 140 valence electrons. The lowest BCUT2D eigenvalue weighted by molar-refractivity contribution is -0.122. The van der Waals surface area contributed by atoms with Crippen molar-refractivity contribution >= 4 is 40.6 Å². The Morgan fingerprint density at radius 1 is 0.929 bits per heavy atom. The molecular weight excluding hydrogens is 397 g/mol. The van der Waals surface area contributed by atoms with Gasteiger partial charge >= 0.3 is 0 Å². The summed E-state index contributed by atoms with van der Waals surface area (Å²) in [5.74, 6) is -0.0267. The highest BCUT2D eigenvalue weighted by atomic mass is 35.5. The Morgan fingerprint density at radius 3 is 2.39 bits per heavy atom. The number of halogens is 2. The highest BCUT2D eigenvalue weighted by Gasteiger charge is 2.26. The van der Waals surface area contributed by atoms with Crippen molar-refractivity contribution in [3.05, 3.63) is 81.8 Å². The fraction of sp³-hybridized carbons (Fsp3) is 0.0909. The molecule has 1 aliphatic rings. The monoisotopic (exact) mass is 411 g/mol. The number of amides is 1. The van der Waals surface area contributed by atoms with Crippen molar-refractivity contribution in [2.24, 2.45) is 0 Å². The van der Waals surface area contributed by atoms with Gasteiger partial charge in [-0.25, -0.2) is 0 Å². The molecule has 0 saturated heterocycles. The molecular formula is C22H15Cl2NO3. The van der Waals surface area contributed by atoms with Gasteiger partial charge in [-0.3, -0.25) is 9.59 Å². The third-order valence-electron chi connectivity index (χ3n) is 4.56. The van der Waals surface area contributed by atoms with Gasteiger partial charge in [0.1, 0.15) is 5.75 Å². The van der Waals surface area contributed by atoms with Crippen molar-refractivity contribution in [1.82, 2.24) is 0 Å². The number of carbonyl (C=O) groups is 2. The summed E-state index contributed by atoms with van der Waals surface area (Å²) in [4.78, 5) is 25.1. The van der Waals surface area contributed by atoms with Gasteiger partial charge < -0.3 is 10.1 Å². The second kappa shape index (κ2) is 7.30. The molecule has 0 bridgehead atoms. The van der Waals surface area contributed by atoms with Crippen LogP contribution >= 0.6 is 23.2 Å². The molecule has 28 heavy (non-hydrogen) atoms. The zero-order chi connectivity index (χ0) is 19.8. The van der Waals surface area contributed by atoms with Crippen molar-refractivity contribution in [3.63, 3.8) is 0 Å². The summed E-state index contributed by atoms with van der Waals surface area (Å²) in [5, 5.41) is 3.60. The normalized spacial score (nSPS) is 12.9. The zero-order valence-electron chi connectivity index (χ0n) is 14.8. The number of ether oxygens (including phenoxy) is 1. The highest BCUT2D eigenvalue weighted by Crippen LogP contribution is 2.37. The van der Waals surface area contributed by atoms with Crippen LogP contribution in [0.1, 0.15) is 22.8 Å². The first-order valence-corrected chi connectivity index (χ1v) is 9.40. The minimum Gasteiger partial charge on any atom is -0.479 e. The van der Waals surface area contributed by atoms with Crippen molar-refractivity contribution in [2.45, 2.75) is 13.0 Å². The third-order valence-corrected chi connectivity index (χ3v) is 5.09. The fourth-order valence-corrected chi connectivity index (χ4v) is 3.62. The van der Waals surface area contributed by atoms with Crippen LogP contribution in [0.5, 0.6) is 5.75 Å². The Labute approximate surface area is 172 Å². The fourth-order valence-electron chi connectivity index (χ4n) is 3.16. The molecule has 4 rings (SSSR count). The van der Waals surface area contributed by atoms with Crippen LogP contribution in [0.25, 0.3) is 11.1 Å². The quantitative estimate of drug-likeness (QED) is 0.474. The minimum absolute atomic E-state index is 0.0426. The van der Waals surface area contributed by atoms with E-state index in [0.29, 0.717) is 32.6 Å². The number of nitrogens with one attached hydrogen (secondary N) is 1. The topological polar surface area (TPSA) is 55.4 Å². The van der Waals surface area contributed by atoms with Gasteiger partial charge in [0.15, 0.2) is 11.9 Å². The van der Waals surface area contributed by atoms with E-state index in [1.54, 1.807) is 37.3 Å². The molecule has 0 heterocycles. The maximum absolute atomic E-state index is 12.6. The number of anilines is 1. The molecule has 0 fully saturated rings. The Morgan fingerprint density at radius 2 is 1.64 bits per heavy atom. The average Bonchev–Trinajstić information content (AvgIpc) is 2.96. The van der Waals surface area contributed by atoms with Crippen molar-refractivity contribution in [1.29, 1.82) is 0 Å². The smallest absolute Gasteiger partial charge is 0.265 e. The van der Waals surface area contributed by atoms with E-state index >= 15 is 0 Å². The number of hydrogen-bond acceptors (Lipinski definition) is 3. The van der Waals surface area contributed by atoms with Crippen LogP contribution in [0.3, 0.4) is 0 Å². The number of fused-ring (bicyclic) bond motifs is 3. The van der Waals surface area contributed by atoms with E-state index in [-0.39, 0.29) is 11.7 Å². The number of ketones is 1. The van der Waals surface area contributed by atoms with Crippen molar-refractivity contribution in [3.8, 4) is 16.9 Å². The third kappa shape index (κ3) is 3.37. The maximum Gasteiger partial charge on any atom is 0.265 e. The first-order chi connectivity index (χ1) is 13.4. The Hall–Kier alpha value is -2.82. The van der Waals surface area contributed by atoms with Crippen LogP contribution in [0.15, 0.2) is 60.7 Å². The molecule has 3 aromatic rings. The molecule has 6 heteroatoms. The Balaban J connectivity index is 1.50. The summed E-state index contributed by atoms with van der Waals surface area (Å²) >= 11 is 12.0. The van der Waals surface area contributed by atoms with E-state index < -0.39 is 6.10 Å². The first-order valence-electron chi connectivity index (χ1n) is 8.65. The molecule has 1 N–H and O–H groups in total. The van der Waals surface area contributed by atoms with Crippen LogP contribution < -0.4 is 10.1 Å². The molecule has 1 atom stereocenters. The number of benzene rings is 3. The Bertz CT molecular complexity index is 1110. The van der Waals surface area contributed by atoms with E-state index in [1.807, 2.05) is 30.3 Å². The summed E-state index contributed by atoms with van der Waals surface area (Å²) in [6, 6.07) is 17.6. The van der Waals surface area contributed by atoms with Crippen LogP contribution in [0, 0.1) is 0 Å². The second-order valence-electron chi connectivity index (χ2n) is 6.46. The van der Waals surface area contributed by atoms with Crippen LogP contribution in [0.4, 0.5) is 5.69 Å². The second-order valence-corrected chi connectivity index (χ2v) is 7.30. The molecule has 0 aromatic heterocycles. The summed E-state index contributed by atoms with van der Waals surface area (Å²) in [6.45, 7) is 1.62. The van der Waals surface area contributed by atoms with Crippen molar-refractivity contribution < 1.29 is 14.3 Å². The lowest BCUT2D eigenvalue weighted by Gasteiger charge is -2.16. The van der Waals surface area contributed by atoms with Gasteiger partial charge in [-0.05, 0) is 48.4 Å². The predicted octanol–water partition coefficient (Wildman–Crippen LogP) is 5.61. The number of carbonyl (C=O) groups excluding carboxylic acids is 2. The van der Waals surface area contributed by atoms with Gasteiger partial charge in [-0.15, -0.1) is 0 Å². The van der Waals surface area contributed by atoms with Gasteiger partial charge in [0.25, 0.3) is 5.91 Å². The SMILES string of the molecule is CC(Oc1ccc(Cl)cc1Cl)C(=O)Nc1ccc2c(c1)C(=O)c1ccccc1-2. The first kappa shape index (κ1) is 18.5. The van der Waals surface area contributed by atoms with Crippen LogP contribution in [-0.2, 0) is 4.79 Å². The summed E-state index contributed by atoms with van der Waals surface area (Å²) in [7, 11) is 0. The molecule has 0 radical (unpaired) electrons. The summed E-state index contributed by atoms with van der Waals surface area (Å²) in [5.41, 5.74) is 3.57. The lowest BCUT2D eigenvalue weighted by atomic mass is 10.1. The largest absolute Gasteiger partial charge is 0.479 e. The molecule has 1 aliphatic carbocycles. The van der Waals surface area contributed by atoms with Gasteiger partial charge in [0, 0.05) is 21.8 Å². The van der Waals surface area contributed by atoms with E-state index in [4.69, 9.17) is 27.9 Å². The zero-order valence-corrected chi connectivity index (χ0v) is 16.3. The number of hydrogen-bond donors (Lipinski definition) is 1. The number of rotatable bonds is 4. The molecule has 1 unspecified atom stereocenters.